The molecule has 4 aromatic carbocycles. The van der Waals surface area contributed by atoms with E-state index in [1.165, 1.54) is 24.3 Å². The number of hydrogen-bond acceptors (Lipinski definition) is 12. The maximum Gasteiger partial charge on any atom is 0.416 e. The minimum Gasteiger partial charge on any atom is -0.439 e. The molecule has 72 heavy (non-hydrogen) atoms. The number of aryl methyl sites for hydroxylation is 2. The van der Waals surface area contributed by atoms with Crippen LogP contribution < -0.4 is 50.8 Å². The fourth-order valence-electron chi connectivity index (χ4n) is 6.43. The summed E-state index contributed by atoms with van der Waals surface area (Å²) in [5.41, 5.74) is -6.74. The first-order valence-electron chi connectivity index (χ1n) is 20.6. The molecule has 6 N–H and O–H groups in total. The van der Waals surface area contributed by atoms with Crippen molar-refractivity contribution in [1.29, 1.82) is 0 Å². The highest BCUT2D eigenvalue weighted by molar-refractivity contribution is 5.90. The average Bonchev–Trinajstić information content (AvgIpc) is 3.24. The van der Waals surface area contributed by atoms with Gasteiger partial charge in [0.1, 0.15) is 23.0 Å². The van der Waals surface area contributed by atoms with E-state index in [-0.39, 0.29) is 96.7 Å². The molecule has 0 atom stereocenters. The molecule has 2 aromatic heterocycles. The second-order valence-electron chi connectivity index (χ2n) is 15.3. The largest absolute Gasteiger partial charge is 0.439 e. The summed E-state index contributed by atoms with van der Waals surface area (Å²) in [5, 5.41) is 14.2. The van der Waals surface area contributed by atoms with Crippen molar-refractivity contribution in [3.63, 3.8) is 0 Å². The fourth-order valence-corrected chi connectivity index (χ4v) is 6.43. The van der Waals surface area contributed by atoms with Gasteiger partial charge in [-0.25, -0.2) is 9.59 Å². The van der Waals surface area contributed by atoms with Gasteiger partial charge in [-0.15, -0.1) is 0 Å². The number of aromatic nitrogens is 4. The number of rotatable bonds is 10. The molecule has 7 rings (SSSR count). The second-order valence-corrected chi connectivity index (χ2v) is 15.3. The number of carbonyl (C=O) groups is 2. The lowest BCUT2D eigenvalue weighted by Gasteiger charge is -2.16. The van der Waals surface area contributed by atoms with Crippen LogP contribution in [0.1, 0.15) is 33.4 Å². The van der Waals surface area contributed by atoms with Crippen LogP contribution in [0.4, 0.5) is 85.5 Å². The molecule has 0 spiro atoms. The standard InChI is InChI=1S/C44H34F12N10O6/c1-21-7-29-17-30(8-21)70-34-20-36(66-38(64-34)58-4-6-60-40(68)62-28-15-25(43(51,52)53)12-26(16-28)44(54,55)56)72-32-10-22(2)9-31(18-32)71-35-19-33(69-29)63-37(65-35)57-3-5-59-39(67)61-27-13-23(41(45,46)47)11-24(14-27)42(48,49)50/h7-20H,3-6H2,1-2H3,(H,57,63,65)(H,58,64,66)(H2,59,61,67)(H2,60,62,68). The van der Waals surface area contributed by atoms with Crippen molar-refractivity contribution < 1.29 is 81.2 Å². The van der Waals surface area contributed by atoms with Crippen LogP contribution in [0.2, 0.25) is 0 Å². The first-order valence-corrected chi connectivity index (χ1v) is 20.6. The Morgan fingerprint density at radius 1 is 0.403 bits per heavy atom. The first kappa shape index (κ1) is 51.4. The number of hydrogen-bond donors (Lipinski definition) is 6. The Labute approximate surface area is 397 Å². The SMILES string of the molecule is Cc1cc2cc(c1)Oc1cc(nc(NCCNC(=O)Nc3cc(C(F)(F)F)cc(C(F)(F)F)c3)n1)Oc1cc(C)cc(c1)Oc1cc(nc(NCCNC(=O)Nc3cc(C(F)(F)F)cc(C(F)(F)F)c3)n1)O2. The smallest absolute Gasteiger partial charge is 0.416 e. The third-order valence-electron chi connectivity index (χ3n) is 9.38. The van der Waals surface area contributed by atoms with Crippen LogP contribution in [-0.2, 0) is 24.7 Å². The molecule has 8 bridgehead atoms. The Morgan fingerprint density at radius 3 is 0.944 bits per heavy atom. The van der Waals surface area contributed by atoms with E-state index in [9.17, 15) is 62.3 Å². The summed E-state index contributed by atoms with van der Waals surface area (Å²) >= 11 is 0. The molecular weight excluding hydrogens is 993 g/mol. The van der Waals surface area contributed by atoms with Crippen LogP contribution in [-0.4, -0.2) is 58.2 Å². The van der Waals surface area contributed by atoms with Gasteiger partial charge in [-0.1, -0.05) is 0 Å². The number of benzene rings is 4. The molecule has 28 heteroatoms. The zero-order valence-corrected chi connectivity index (χ0v) is 36.7. The van der Waals surface area contributed by atoms with E-state index in [0.717, 1.165) is 0 Å². The number of nitrogens with zero attached hydrogens (tertiary/aromatic N) is 4. The number of nitrogens with one attached hydrogen (secondary N) is 6. The quantitative estimate of drug-likeness (QED) is 0.0561. The highest BCUT2D eigenvalue weighted by Crippen LogP contribution is 2.40. The van der Waals surface area contributed by atoms with Gasteiger partial charge in [0.2, 0.25) is 35.4 Å². The van der Waals surface area contributed by atoms with E-state index in [4.69, 9.17) is 18.9 Å². The van der Waals surface area contributed by atoms with Crippen molar-refractivity contribution in [2.75, 3.05) is 47.4 Å². The maximum absolute atomic E-state index is 13.3. The van der Waals surface area contributed by atoms with Crippen LogP contribution in [0.25, 0.3) is 0 Å². The predicted octanol–water partition coefficient (Wildman–Crippen LogP) is 11.9. The second kappa shape index (κ2) is 20.5. The van der Waals surface area contributed by atoms with E-state index in [1.807, 2.05) is 10.6 Å². The Hall–Kier alpha value is -8.46. The molecular formula is C44H34F12N10O6. The van der Waals surface area contributed by atoms with Crippen LogP contribution in [0.3, 0.4) is 0 Å². The number of carbonyl (C=O) groups excluding carboxylic acids is 2. The third-order valence-corrected chi connectivity index (χ3v) is 9.38. The molecule has 1 aliphatic heterocycles. The zero-order valence-electron chi connectivity index (χ0n) is 36.7. The summed E-state index contributed by atoms with van der Waals surface area (Å²) in [6.07, 6.45) is -20.5. The number of ether oxygens (including phenoxy) is 4. The van der Waals surface area contributed by atoms with Gasteiger partial charge >= 0.3 is 36.8 Å². The molecule has 4 amide bonds. The summed E-state index contributed by atoms with van der Waals surface area (Å²) in [6, 6.07) is 11.1. The summed E-state index contributed by atoms with van der Waals surface area (Å²) in [4.78, 5) is 42.4. The topological polar surface area (TPSA) is 195 Å². The van der Waals surface area contributed by atoms with E-state index >= 15 is 0 Å². The Bertz CT molecular complexity index is 2640. The predicted molar refractivity (Wildman–Crippen MR) is 231 cm³/mol. The van der Waals surface area contributed by atoms with Gasteiger partial charge in [-0.2, -0.15) is 72.6 Å². The molecule has 0 saturated carbocycles. The number of alkyl halides is 12. The molecule has 0 unspecified atom stereocenters. The first-order chi connectivity index (χ1) is 33.7. The zero-order chi connectivity index (χ0) is 52.2. The lowest BCUT2D eigenvalue weighted by molar-refractivity contribution is -0.144. The van der Waals surface area contributed by atoms with Crippen molar-refractivity contribution >= 4 is 35.3 Å². The lowest BCUT2D eigenvalue weighted by Crippen LogP contribution is -2.33. The van der Waals surface area contributed by atoms with Gasteiger partial charge in [-0.05, 0) is 85.6 Å². The minimum atomic E-state index is -5.13. The Balaban J connectivity index is 1.04. The molecule has 380 valence electrons. The maximum atomic E-state index is 13.3. The van der Waals surface area contributed by atoms with Crippen molar-refractivity contribution in [2.45, 2.75) is 38.6 Å². The van der Waals surface area contributed by atoms with Crippen molar-refractivity contribution in [1.82, 2.24) is 30.6 Å². The molecule has 0 aliphatic carbocycles. The van der Waals surface area contributed by atoms with Crippen LogP contribution >= 0.6 is 0 Å². The number of anilines is 4. The lowest BCUT2D eigenvalue weighted by atomic mass is 10.1. The van der Waals surface area contributed by atoms with Crippen molar-refractivity contribution in [2.24, 2.45) is 0 Å². The van der Waals surface area contributed by atoms with Gasteiger partial charge in [0.05, 0.1) is 34.4 Å². The van der Waals surface area contributed by atoms with Crippen LogP contribution in [0.5, 0.6) is 46.5 Å². The number of halogens is 12. The van der Waals surface area contributed by atoms with Gasteiger partial charge < -0.3 is 50.8 Å². The third kappa shape index (κ3) is 14.3. The number of fused-ring (bicyclic) bond motifs is 8. The molecule has 0 saturated heterocycles. The van der Waals surface area contributed by atoms with E-state index in [1.54, 1.807) is 38.1 Å². The molecule has 0 radical (unpaired) electrons. The molecule has 3 heterocycles. The fraction of sp³-hybridized carbons (Fsp3) is 0.227. The molecule has 0 fully saturated rings. The summed E-state index contributed by atoms with van der Waals surface area (Å²) in [6.45, 7) is 2.69. The molecule has 1 aliphatic rings. The molecule has 16 nitrogen and oxygen atoms in total. The summed E-state index contributed by atoms with van der Waals surface area (Å²) < 4.78 is 184. The van der Waals surface area contributed by atoms with Gasteiger partial charge in [-0.3, -0.25) is 0 Å². The van der Waals surface area contributed by atoms with Gasteiger partial charge in [0.25, 0.3) is 0 Å². The minimum absolute atomic E-state index is 0.0759. The van der Waals surface area contributed by atoms with E-state index < -0.39 is 70.4 Å². The molecule has 6 aromatic rings. The Kier molecular flexibility index (Phi) is 14.6. The Morgan fingerprint density at radius 2 is 0.681 bits per heavy atom. The van der Waals surface area contributed by atoms with Crippen molar-refractivity contribution in [3.8, 4) is 46.5 Å². The monoisotopic (exact) mass is 1030 g/mol. The van der Waals surface area contributed by atoms with Gasteiger partial charge in [0, 0.05) is 49.7 Å². The highest BCUT2D eigenvalue weighted by Gasteiger charge is 2.38. The number of urea groups is 2. The van der Waals surface area contributed by atoms with Crippen LogP contribution in [0.15, 0.2) is 84.9 Å². The summed E-state index contributed by atoms with van der Waals surface area (Å²) in [5.74, 6) is 0.188. The van der Waals surface area contributed by atoms with E-state index in [0.29, 0.717) is 35.4 Å². The normalized spacial score (nSPS) is 12.5. The van der Waals surface area contributed by atoms with Crippen molar-refractivity contribution in [3.05, 3.63) is 118 Å². The average molecular weight is 1030 g/mol. The van der Waals surface area contributed by atoms with Crippen LogP contribution in [0, 0.1) is 13.8 Å². The van der Waals surface area contributed by atoms with Gasteiger partial charge in [0.15, 0.2) is 0 Å². The summed E-state index contributed by atoms with van der Waals surface area (Å²) in [7, 11) is 0. The highest BCUT2D eigenvalue weighted by atomic mass is 19.4. The number of amides is 4. The van der Waals surface area contributed by atoms with E-state index in [2.05, 4.69) is 41.2 Å².